The van der Waals surface area contributed by atoms with Crippen molar-refractivity contribution in [3.05, 3.63) is 100 Å². The monoisotopic (exact) mass is 747 g/mol. The standard InChI is InChI=1S/C32H26BrN7O6S2/c33-25-13-7-8-14-26(25)35-27(41)20-47-32-36-28(21-9-3-1-4-10-21)24(19-34)29(37-32)39-17-15-22(16-18-39)45-30-31(40(42)46-38-30)48(43,44)23-11-5-2-6-12-23/h1-14,22H,15-18,20H2,(H,35,41). The van der Waals surface area contributed by atoms with Crippen LogP contribution in [0.2, 0.25) is 0 Å². The van der Waals surface area contributed by atoms with Gasteiger partial charge >= 0.3 is 10.9 Å². The van der Waals surface area contributed by atoms with Crippen molar-refractivity contribution in [1.82, 2.24) is 15.1 Å². The lowest BCUT2D eigenvalue weighted by atomic mass is 10.0. The van der Waals surface area contributed by atoms with Gasteiger partial charge in [0.15, 0.2) is 11.0 Å². The van der Waals surface area contributed by atoms with Crippen molar-refractivity contribution in [1.29, 1.82) is 5.26 Å². The van der Waals surface area contributed by atoms with Crippen LogP contribution in [0, 0.1) is 16.5 Å². The van der Waals surface area contributed by atoms with Gasteiger partial charge in [-0.05, 0) is 45.1 Å². The number of carbonyl (C=O) groups excluding carboxylic acids is 1. The quantitative estimate of drug-likeness (QED) is 0.115. The Kier molecular flexibility index (Phi) is 9.90. The fourth-order valence-electron chi connectivity index (χ4n) is 5.08. The average Bonchev–Trinajstić information content (AvgIpc) is 3.49. The number of halogens is 1. The molecule has 0 saturated carbocycles. The van der Waals surface area contributed by atoms with Crippen LogP contribution in [-0.2, 0) is 14.6 Å². The number of piperidine rings is 1. The number of thioether (sulfide) groups is 1. The average molecular weight is 749 g/mol. The molecular formula is C32H26BrN7O6S2. The number of hydrogen-bond donors (Lipinski definition) is 1. The zero-order valence-corrected chi connectivity index (χ0v) is 28.2. The van der Waals surface area contributed by atoms with Crippen LogP contribution >= 0.6 is 27.7 Å². The highest BCUT2D eigenvalue weighted by Gasteiger charge is 2.38. The molecule has 0 aliphatic carbocycles. The Hall–Kier alpha value is -4.98. The molecule has 0 atom stereocenters. The summed E-state index contributed by atoms with van der Waals surface area (Å²) < 4.78 is 37.7. The molecule has 6 rings (SSSR count). The number of benzene rings is 3. The third-order valence-corrected chi connectivity index (χ3v) is 10.6. The zero-order valence-electron chi connectivity index (χ0n) is 25.0. The van der Waals surface area contributed by atoms with Crippen molar-refractivity contribution in [2.45, 2.75) is 34.0 Å². The Labute approximate surface area is 288 Å². The van der Waals surface area contributed by atoms with E-state index < -0.39 is 26.8 Å². The van der Waals surface area contributed by atoms with E-state index in [0.717, 1.165) is 21.8 Å². The number of nitrogens with one attached hydrogen (secondary N) is 1. The number of ether oxygens (including phenoxy) is 1. The molecule has 0 radical (unpaired) electrons. The molecule has 1 aliphatic rings. The lowest BCUT2D eigenvalue weighted by Crippen LogP contribution is -2.39. The Morgan fingerprint density at radius 2 is 1.73 bits per heavy atom. The van der Waals surface area contributed by atoms with Crippen LogP contribution in [0.3, 0.4) is 0 Å². The highest BCUT2D eigenvalue weighted by molar-refractivity contribution is 9.10. The molecule has 244 valence electrons. The number of carbonyl (C=O) groups is 1. The Bertz CT molecular complexity index is 2090. The van der Waals surface area contributed by atoms with E-state index in [1.807, 2.05) is 53.4 Å². The summed E-state index contributed by atoms with van der Waals surface area (Å²) >= 11 is 4.58. The second-order valence-corrected chi connectivity index (χ2v) is 14.2. The van der Waals surface area contributed by atoms with Gasteiger partial charge in [0.05, 0.1) is 27.2 Å². The van der Waals surface area contributed by atoms with Gasteiger partial charge in [0, 0.05) is 36.0 Å². The Morgan fingerprint density at radius 1 is 1.06 bits per heavy atom. The molecule has 13 nitrogen and oxygen atoms in total. The number of amides is 1. The van der Waals surface area contributed by atoms with Crippen molar-refractivity contribution < 1.29 is 27.5 Å². The number of nitrogens with zero attached hydrogens (tertiary/aromatic N) is 6. The normalized spacial score (nSPS) is 13.5. The molecule has 0 bridgehead atoms. The topological polar surface area (TPSA) is 178 Å². The van der Waals surface area contributed by atoms with E-state index in [2.05, 4.69) is 42.1 Å². The highest BCUT2D eigenvalue weighted by Crippen LogP contribution is 2.34. The minimum absolute atomic E-state index is 0.0302. The summed E-state index contributed by atoms with van der Waals surface area (Å²) in [6.07, 6.45) is 0.276. The minimum Gasteiger partial charge on any atom is -0.451 e. The first-order valence-electron chi connectivity index (χ1n) is 14.6. The molecule has 5 aromatic rings. The van der Waals surface area contributed by atoms with E-state index in [-0.39, 0.29) is 27.0 Å². The summed E-state index contributed by atoms with van der Waals surface area (Å²) in [6.45, 7) is 0.764. The van der Waals surface area contributed by atoms with Crippen LogP contribution in [0.4, 0.5) is 11.5 Å². The number of sulfone groups is 1. The smallest absolute Gasteiger partial charge is 0.415 e. The predicted octanol–water partition coefficient (Wildman–Crippen LogP) is 5.01. The van der Waals surface area contributed by atoms with E-state index in [4.69, 9.17) is 9.72 Å². The van der Waals surface area contributed by atoms with Crippen molar-refractivity contribution in [2.24, 2.45) is 0 Å². The summed E-state index contributed by atoms with van der Waals surface area (Å²) in [4.78, 5) is 23.9. The molecule has 1 aliphatic heterocycles. The van der Waals surface area contributed by atoms with E-state index in [1.54, 1.807) is 24.3 Å². The predicted molar refractivity (Wildman–Crippen MR) is 179 cm³/mol. The largest absolute Gasteiger partial charge is 0.451 e. The van der Waals surface area contributed by atoms with Gasteiger partial charge in [0.1, 0.15) is 17.7 Å². The minimum atomic E-state index is -4.27. The van der Waals surface area contributed by atoms with E-state index >= 15 is 0 Å². The van der Waals surface area contributed by atoms with Gasteiger partial charge in [-0.1, -0.05) is 72.4 Å². The molecule has 16 heteroatoms. The van der Waals surface area contributed by atoms with Gasteiger partial charge in [0.2, 0.25) is 5.91 Å². The molecule has 0 unspecified atom stereocenters. The molecule has 3 aromatic carbocycles. The lowest BCUT2D eigenvalue weighted by Gasteiger charge is -2.32. The van der Waals surface area contributed by atoms with Crippen LogP contribution in [0.1, 0.15) is 18.4 Å². The van der Waals surface area contributed by atoms with Crippen LogP contribution in [0.5, 0.6) is 5.88 Å². The van der Waals surface area contributed by atoms with Gasteiger partial charge in [-0.3, -0.25) is 9.42 Å². The molecule has 1 N–H and O–H groups in total. The lowest BCUT2D eigenvalue weighted by molar-refractivity contribution is -0.832. The molecule has 3 heterocycles. The number of hydrogen-bond acceptors (Lipinski definition) is 12. The Morgan fingerprint density at radius 3 is 2.42 bits per heavy atom. The fraction of sp³-hybridized carbons (Fsp3) is 0.188. The number of rotatable bonds is 10. The van der Waals surface area contributed by atoms with E-state index in [9.17, 15) is 23.7 Å². The second-order valence-electron chi connectivity index (χ2n) is 10.5. The molecule has 1 saturated heterocycles. The fourth-order valence-corrected chi connectivity index (χ4v) is 7.38. The van der Waals surface area contributed by atoms with Crippen molar-refractivity contribution >= 4 is 54.9 Å². The van der Waals surface area contributed by atoms with Crippen molar-refractivity contribution in [2.75, 3.05) is 29.1 Å². The number of para-hydroxylation sites is 1. The SMILES string of the molecule is N#Cc1c(-c2ccccc2)nc(SCC(=O)Nc2ccccc2Br)nc1N1CCC(Oc2no[n+]([O-])c2S(=O)(=O)c2ccccc2)CC1. The maximum absolute atomic E-state index is 13.2. The third-order valence-electron chi connectivity index (χ3n) is 7.38. The van der Waals surface area contributed by atoms with Crippen molar-refractivity contribution in [3.63, 3.8) is 0 Å². The van der Waals surface area contributed by atoms with E-state index in [1.165, 1.54) is 12.1 Å². The van der Waals surface area contributed by atoms with E-state index in [0.29, 0.717) is 48.3 Å². The molecule has 1 amide bonds. The number of nitriles is 1. The summed E-state index contributed by atoms with van der Waals surface area (Å²) in [7, 11) is -4.27. The van der Waals surface area contributed by atoms with Gasteiger partial charge in [-0.25, -0.2) is 18.4 Å². The molecule has 0 spiro atoms. The first-order valence-corrected chi connectivity index (χ1v) is 17.9. The Balaban J connectivity index is 1.21. The maximum atomic E-state index is 13.2. The third kappa shape index (κ3) is 7.13. The van der Waals surface area contributed by atoms with Gasteiger partial charge < -0.3 is 20.2 Å². The summed E-state index contributed by atoms with van der Waals surface area (Å²) in [5.41, 5.74) is 2.08. The first-order chi connectivity index (χ1) is 23.2. The zero-order chi connectivity index (χ0) is 33.7. The second kappa shape index (κ2) is 14.4. The molecule has 48 heavy (non-hydrogen) atoms. The van der Waals surface area contributed by atoms with Gasteiger partial charge in [-0.2, -0.15) is 5.26 Å². The van der Waals surface area contributed by atoms with Crippen LogP contribution < -0.4 is 19.9 Å². The molecular weight excluding hydrogens is 722 g/mol. The number of aromatic nitrogens is 4. The maximum Gasteiger partial charge on any atom is 0.415 e. The molecule has 2 aromatic heterocycles. The molecule has 1 fully saturated rings. The first kappa shape index (κ1) is 32.9. The van der Waals surface area contributed by atoms with Gasteiger partial charge in [-0.15, -0.1) is 0 Å². The highest BCUT2D eigenvalue weighted by atomic mass is 79.9. The van der Waals surface area contributed by atoms with Crippen LogP contribution in [0.15, 0.2) is 109 Å². The summed E-state index contributed by atoms with van der Waals surface area (Å²) in [5, 5.41) is 28.7. The van der Waals surface area contributed by atoms with Gasteiger partial charge in [0.25, 0.3) is 9.84 Å². The summed E-state index contributed by atoms with van der Waals surface area (Å²) in [6, 6.07) is 26.3. The number of anilines is 2. The van der Waals surface area contributed by atoms with Crippen LogP contribution in [-0.4, -0.2) is 54.4 Å². The van der Waals surface area contributed by atoms with Crippen LogP contribution in [0.25, 0.3) is 11.3 Å². The van der Waals surface area contributed by atoms with Crippen molar-refractivity contribution in [3.8, 4) is 23.2 Å². The summed E-state index contributed by atoms with van der Waals surface area (Å²) in [5.74, 6) is -0.230.